The molecule has 1 aliphatic heterocycles. The van der Waals surface area contributed by atoms with Crippen LogP contribution in [0, 0.1) is 5.92 Å². The Morgan fingerprint density at radius 1 is 0.784 bits per heavy atom. The Bertz CT molecular complexity index is 1200. The number of piperazine rings is 1. The van der Waals surface area contributed by atoms with Crippen molar-refractivity contribution in [3.8, 4) is 11.1 Å². The Morgan fingerprint density at radius 2 is 1.51 bits per heavy atom. The predicted molar refractivity (Wildman–Crippen MR) is 149 cm³/mol. The Hall–Kier alpha value is -3.44. The summed E-state index contributed by atoms with van der Waals surface area (Å²) in [5.41, 5.74) is 5.16. The molecule has 3 aromatic carbocycles. The highest BCUT2D eigenvalue weighted by atomic mass is 16.2. The van der Waals surface area contributed by atoms with Gasteiger partial charge in [0.15, 0.2) is 0 Å². The fourth-order valence-corrected chi connectivity index (χ4v) is 5.69. The normalized spacial score (nSPS) is 16.9. The maximum absolute atomic E-state index is 13.3. The van der Waals surface area contributed by atoms with Gasteiger partial charge in [0.25, 0.3) is 5.91 Å². The minimum Gasteiger partial charge on any atom is -0.336 e. The van der Waals surface area contributed by atoms with E-state index in [1.807, 2.05) is 35.2 Å². The second-order valence-electron chi connectivity index (χ2n) is 10.4. The Balaban J connectivity index is 1.15. The van der Waals surface area contributed by atoms with E-state index >= 15 is 0 Å². The van der Waals surface area contributed by atoms with Crippen LogP contribution in [0.2, 0.25) is 0 Å². The van der Waals surface area contributed by atoms with Crippen LogP contribution in [0.4, 0.5) is 5.69 Å². The lowest BCUT2D eigenvalue weighted by molar-refractivity contribution is -0.117. The van der Waals surface area contributed by atoms with Gasteiger partial charge in [0.05, 0.1) is 0 Å². The van der Waals surface area contributed by atoms with Gasteiger partial charge in [-0.2, -0.15) is 0 Å². The van der Waals surface area contributed by atoms with E-state index in [9.17, 15) is 9.59 Å². The van der Waals surface area contributed by atoms with E-state index in [0.29, 0.717) is 36.7 Å². The number of amides is 2. The molecule has 2 fully saturated rings. The van der Waals surface area contributed by atoms with E-state index in [1.165, 1.54) is 36.0 Å². The van der Waals surface area contributed by atoms with Gasteiger partial charge in [-0.15, -0.1) is 0 Å². The standard InChI is InChI=1S/C32H37N3O2/c36-31(22-25-10-3-1-4-11-25)33-29-16-9-15-27(23-29)32(37)35-20-18-34(19-21-35)24-28-14-7-8-17-30(28)26-12-5-2-6-13-26/h2,5-9,12-17,23,25H,1,3-4,10-11,18-22,24H2,(H,33,36). The molecule has 192 valence electrons. The van der Waals surface area contributed by atoms with Crippen LogP contribution in [0.1, 0.15) is 54.4 Å². The monoisotopic (exact) mass is 495 g/mol. The molecule has 0 aromatic heterocycles. The summed E-state index contributed by atoms with van der Waals surface area (Å²) in [6.07, 6.45) is 6.63. The second kappa shape index (κ2) is 12.2. The fourth-order valence-electron chi connectivity index (χ4n) is 5.69. The summed E-state index contributed by atoms with van der Waals surface area (Å²) in [5, 5.41) is 3.02. The van der Waals surface area contributed by atoms with Gasteiger partial charge in [0.2, 0.25) is 5.91 Å². The largest absolute Gasteiger partial charge is 0.336 e. The molecular weight excluding hydrogens is 458 g/mol. The van der Waals surface area contributed by atoms with Crippen molar-refractivity contribution >= 4 is 17.5 Å². The highest BCUT2D eigenvalue weighted by Gasteiger charge is 2.23. The van der Waals surface area contributed by atoms with Gasteiger partial charge >= 0.3 is 0 Å². The van der Waals surface area contributed by atoms with Gasteiger partial charge in [0, 0.05) is 50.4 Å². The number of anilines is 1. The molecule has 2 aliphatic rings. The maximum Gasteiger partial charge on any atom is 0.254 e. The third kappa shape index (κ3) is 6.66. The van der Waals surface area contributed by atoms with Gasteiger partial charge in [0.1, 0.15) is 0 Å². The molecule has 3 aromatic rings. The van der Waals surface area contributed by atoms with Crippen LogP contribution in [-0.4, -0.2) is 47.8 Å². The molecule has 5 rings (SSSR count). The van der Waals surface area contributed by atoms with Gasteiger partial charge in [-0.25, -0.2) is 0 Å². The summed E-state index contributed by atoms with van der Waals surface area (Å²) >= 11 is 0. The molecule has 0 atom stereocenters. The quantitative estimate of drug-likeness (QED) is 0.423. The summed E-state index contributed by atoms with van der Waals surface area (Å²) in [6, 6.07) is 26.5. The number of rotatable bonds is 7. The van der Waals surface area contributed by atoms with Crippen molar-refractivity contribution in [2.75, 3.05) is 31.5 Å². The topological polar surface area (TPSA) is 52.7 Å². The Labute approximate surface area is 220 Å². The summed E-state index contributed by atoms with van der Waals surface area (Å²) in [4.78, 5) is 30.2. The molecule has 5 heteroatoms. The number of nitrogens with zero attached hydrogens (tertiary/aromatic N) is 2. The molecule has 0 spiro atoms. The van der Waals surface area contributed by atoms with Crippen molar-refractivity contribution in [2.24, 2.45) is 5.92 Å². The molecular formula is C32H37N3O2. The number of nitrogens with one attached hydrogen (secondary N) is 1. The molecule has 0 unspecified atom stereocenters. The molecule has 1 saturated carbocycles. The number of carbonyl (C=O) groups excluding carboxylic acids is 2. The van der Waals surface area contributed by atoms with Crippen molar-refractivity contribution in [1.29, 1.82) is 0 Å². The average molecular weight is 496 g/mol. The molecule has 0 radical (unpaired) electrons. The van der Waals surface area contributed by atoms with E-state index in [-0.39, 0.29) is 11.8 Å². The highest BCUT2D eigenvalue weighted by Crippen LogP contribution is 2.27. The summed E-state index contributed by atoms with van der Waals surface area (Å²) in [5.74, 6) is 0.586. The Morgan fingerprint density at radius 3 is 2.30 bits per heavy atom. The predicted octanol–water partition coefficient (Wildman–Crippen LogP) is 6.22. The number of benzene rings is 3. The summed E-state index contributed by atoms with van der Waals surface area (Å²) in [6.45, 7) is 3.95. The van der Waals surface area contributed by atoms with E-state index in [2.05, 4.69) is 58.7 Å². The smallest absolute Gasteiger partial charge is 0.254 e. The molecule has 1 heterocycles. The van der Waals surface area contributed by atoms with Crippen molar-refractivity contribution in [3.63, 3.8) is 0 Å². The molecule has 1 saturated heterocycles. The van der Waals surface area contributed by atoms with E-state index in [4.69, 9.17) is 0 Å². The SMILES string of the molecule is O=C(CC1CCCCC1)Nc1cccc(C(=O)N2CCN(Cc3ccccc3-c3ccccc3)CC2)c1. The number of carbonyl (C=O) groups is 2. The summed E-state index contributed by atoms with van der Waals surface area (Å²) < 4.78 is 0. The first-order chi connectivity index (χ1) is 18.2. The first-order valence-corrected chi connectivity index (χ1v) is 13.7. The molecule has 2 amide bonds. The summed E-state index contributed by atoms with van der Waals surface area (Å²) in [7, 11) is 0. The van der Waals surface area contributed by atoms with Crippen LogP contribution in [0.3, 0.4) is 0 Å². The average Bonchev–Trinajstić information content (AvgIpc) is 2.94. The van der Waals surface area contributed by atoms with Crippen molar-refractivity contribution in [2.45, 2.75) is 45.1 Å². The first-order valence-electron chi connectivity index (χ1n) is 13.7. The minimum atomic E-state index is 0.0349. The lowest BCUT2D eigenvalue weighted by Crippen LogP contribution is -2.48. The van der Waals surface area contributed by atoms with E-state index in [0.717, 1.165) is 32.5 Å². The first kappa shape index (κ1) is 25.2. The zero-order valence-electron chi connectivity index (χ0n) is 21.6. The van der Waals surface area contributed by atoms with Gasteiger partial charge < -0.3 is 10.2 Å². The van der Waals surface area contributed by atoms with Gasteiger partial charge in [-0.3, -0.25) is 14.5 Å². The van der Waals surface area contributed by atoms with E-state index < -0.39 is 0 Å². The molecule has 1 aliphatic carbocycles. The van der Waals surface area contributed by atoms with Crippen molar-refractivity contribution in [1.82, 2.24) is 9.80 Å². The minimum absolute atomic E-state index is 0.0349. The molecule has 37 heavy (non-hydrogen) atoms. The second-order valence-corrected chi connectivity index (χ2v) is 10.4. The van der Waals surface area contributed by atoms with Crippen LogP contribution in [0.5, 0.6) is 0 Å². The number of hydrogen-bond acceptors (Lipinski definition) is 3. The van der Waals surface area contributed by atoms with E-state index in [1.54, 1.807) is 0 Å². The fraction of sp³-hybridized carbons (Fsp3) is 0.375. The van der Waals surface area contributed by atoms with Crippen LogP contribution in [0.25, 0.3) is 11.1 Å². The van der Waals surface area contributed by atoms with Crippen LogP contribution in [-0.2, 0) is 11.3 Å². The van der Waals surface area contributed by atoms with Crippen LogP contribution in [0.15, 0.2) is 78.9 Å². The van der Waals surface area contributed by atoms with Crippen LogP contribution < -0.4 is 5.32 Å². The number of hydrogen-bond donors (Lipinski definition) is 1. The lowest BCUT2D eigenvalue weighted by atomic mass is 9.87. The Kier molecular flexibility index (Phi) is 8.32. The highest BCUT2D eigenvalue weighted by molar-refractivity contribution is 5.97. The zero-order valence-corrected chi connectivity index (χ0v) is 21.6. The third-order valence-electron chi connectivity index (χ3n) is 7.75. The third-order valence-corrected chi connectivity index (χ3v) is 7.75. The maximum atomic E-state index is 13.3. The van der Waals surface area contributed by atoms with Gasteiger partial charge in [-0.05, 0) is 53.6 Å². The molecule has 5 nitrogen and oxygen atoms in total. The van der Waals surface area contributed by atoms with Crippen molar-refractivity contribution in [3.05, 3.63) is 90.0 Å². The molecule has 1 N–H and O–H groups in total. The van der Waals surface area contributed by atoms with Crippen LogP contribution >= 0.6 is 0 Å². The van der Waals surface area contributed by atoms with Crippen molar-refractivity contribution < 1.29 is 9.59 Å². The van der Waals surface area contributed by atoms with Gasteiger partial charge in [-0.1, -0.05) is 79.9 Å². The zero-order chi connectivity index (χ0) is 25.5. The molecule has 0 bridgehead atoms. The lowest BCUT2D eigenvalue weighted by Gasteiger charge is -2.35.